The minimum absolute atomic E-state index is 0.0801. The Morgan fingerprint density at radius 2 is 1.85 bits per heavy atom. The van der Waals surface area contributed by atoms with E-state index in [4.69, 9.17) is 9.47 Å². The topological polar surface area (TPSA) is 98.0 Å². The van der Waals surface area contributed by atoms with Crippen LogP contribution in [0.5, 0.6) is 11.5 Å². The summed E-state index contributed by atoms with van der Waals surface area (Å²) in [5.41, 5.74) is 2.14. The lowest BCUT2D eigenvalue weighted by Gasteiger charge is -2.11. The lowest BCUT2D eigenvalue weighted by atomic mass is 10.1. The maximum Gasteiger partial charge on any atom is 0.269 e. The van der Waals surface area contributed by atoms with Gasteiger partial charge in [0.2, 0.25) is 6.79 Å². The van der Waals surface area contributed by atoms with E-state index in [-0.39, 0.29) is 12.5 Å². The lowest BCUT2D eigenvalue weighted by Crippen LogP contribution is -2.38. The molecule has 0 saturated heterocycles. The first-order chi connectivity index (χ1) is 13.2. The monoisotopic (exact) mass is 370 g/mol. The molecule has 0 fully saturated rings. The average Bonchev–Trinajstić information content (AvgIpc) is 3.14. The van der Waals surface area contributed by atoms with Crippen molar-refractivity contribution in [1.29, 1.82) is 0 Å². The second-order valence-corrected chi connectivity index (χ2v) is 5.98. The number of nitro benzene ring substituents is 1. The zero-order chi connectivity index (χ0) is 19.1. The number of rotatable bonds is 7. The van der Waals surface area contributed by atoms with Crippen molar-refractivity contribution >= 4 is 11.6 Å². The minimum Gasteiger partial charge on any atom is -0.454 e. The number of benzene rings is 2. The molecular formula is C19H22N4O4. The van der Waals surface area contributed by atoms with Crippen molar-refractivity contribution in [2.75, 3.05) is 19.9 Å². The van der Waals surface area contributed by atoms with Crippen LogP contribution in [0, 0.1) is 10.1 Å². The Balaban J connectivity index is 1.53. The first kappa shape index (κ1) is 18.5. The molecule has 0 amide bonds. The molecule has 2 aromatic rings. The van der Waals surface area contributed by atoms with Gasteiger partial charge in [0.25, 0.3) is 5.69 Å². The SMILES string of the molecule is CCNC(=NCc1ccc([N+](=O)[O-])cc1)NCCc1ccc2c(c1)OCO2. The van der Waals surface area contributed by atoms with Crippen LogP contribution in [0.15, 0.2) is 47.5 Å². The van der Waals surface area contributed by atoms with Gasteiger partial charge in [-0.05, 0) is 36.6 Å². The largest absolute Gasteiger partial charge is 0.454 e. The molecule has 8 heteroatoms. The second-order valence-electron chi connectivity index (χ2n) is 5.98. The highest BCUT2D eigenvalue weighted by atomic mass is 16.7. The second kappa shape index (κ2) is 8.88. The molecule has 0 radical (unpaired) electrons. The molecule has 0 spiro atoms. The highest BCUT2D eigenvalue weighted by Crippen LogP contribution is 2.32. The summed E-state index contributed by atoms with van der Waals surface area (Å²) in [6, 6.07) is 12.4. The fourth-order valence-corrected chi connectivity index (χ4v) is 2.66. The number of guanidine groups is 1. The number of nitrogens with one attached hydrogen (secondary N) is 2. The average molecular weight is 370 g/mol. The Hall–Kier alpha value is -3.29. The first-order valence-electron chi connectivity index (χ1n) is 8.79. The van der Waals surface area contributed by atoms with Crippen LogP contribution in [-0.2, 0) is 13.0 Å². The number of hydrogen-bond acceptors (Lipinski definition) is 5. The Labute approximate surface area is 157 Å². The normalized spacial score (nSPS) is 12.7. The van der Waals surface area contributed by atoms with E-state index in [9.17, 15) is 10.1 Å². The summed E-state index contributed by atoms with van der Waals surface area (Å²) in [6.07, 6.45) is 0.818. The predicted octanol–water partition coefficient (Wildman–Crippen LogP) is 2.62. The number of non-ortho nitro benzene ring substituents is 1. The molecule has 2 aromatic carbocycles. The van der Waals surface area contributed by atoms with Gasteiger partial charge in [0.15, 0.2) is 17.5 Å². The standard InChI is InChI=1S/C19H22N4O4/c1-2-20-19(22-12-15-3-6-16(7-4-15)23(24)25)21-10-9-14-5-8-17-18(11-14)27-13-26-17/h3-8,11H,2,9-10,12-13H2,1H3,(H2,20,21,22). The van der Waals surface area contributed by atoms with E-state index in [1.807, 2.05) is 25.1 Å². The van der Waals surface area contributed by atoms with Gasteiger partial charge < -0.3 is 20.1 Å². The molecule has 0 bridgehead atoms. The Morgan fingerprint density at radius 3 is 2.59 bits per heavy atom. The number of nitro groups is 1. The predicted molar refractivity (Wildman–Crippen MR) is 102 cm³/mol. The summed E-state index contributed by atoms with van der Waals surface area (Å²) < 4.78 is 10.7. The molecule has 1 aliphatic heterocycles. The van der Waals surface area contributed by atoms with Crippen molar-refractivity contribution in [2.24, 2.45) is 4.99 Å². The summed E-state index contributed by atoms with van der Waals surface area (Å²) in [6.45, 7) is 4.18. The Kier molecular flexibility index (Phi) is 6.09. The zero-order valence-corrected chi connectivity index (χ0v) is 15.1. The van der Waals surface area contributed by atoms with Crippen molar-refractivity contribution in [3.8, 4) is 11.5 Å². The van der Waals surface area contributed by atoms with Gasteiger partial charge in [0.05, 0.1) is 11.5 Å². The Morgan fingerprint density at radius 1 is 1.11 bits per heavy atom. The molecule has 8 nitrogen and oxygen atoms in total. The lowest BCUT2D eigenvalue weighted by molar-refractivity contribution is -0.384. The third-order valence-electron chi connectivity index (χ3n) is 4.05. The van der Waals surface area contributed by atoms with E-state index in [1.54, 1.807) is 12.1 Å². The zero-order valence-electron chi connectivity index (χ0n) is 15.1. The van der Waals surface area contributed by atoms with Crippen LogP contribution in [0.3, 0.4) is 0 Å². The van der Waals surface area contributed by atoms with Crippen molar-refractivity contribution in [1.82, 2.24) is 10.6 Å². The molecule has 0 aromatic heterocycles. The van der Waals surface area contributed by atoms with Crippen LogP contribution in [0.25, 0.3) is 0 Å². The number of fused-ring (bicyclic) bond motifs is 1. The molecule has 0 saturated carbocycles. The van der Waals surface area contributed by atoms with E-state index in [0.29, 0.717) is 19.0 Å². The molecule has 0 aliphatic carbocycles. The molecule has 1 heterocycles. The molecular weight excluding hydrogens is 348 g/mol. The van der Waals surface area contributed by atoms with Crippen molar-refractivity contribution in [3.05, 3.63) is 63.7 Å². The van der Waals surface area contributed by atoms with Crippen LogP contribution in [0.1, 0.15) is 18.1 Å². The van der Waals surface area contributed by atoms with Gasteiger partial charge >= 0.3 is 0 Å². The van der Waals surface area contributed by atoms with E-state index in [0.717, 1.165) is 35.6 Å². The van der Waals surface area contributed by atoms with Gasteiger partial charge in [0, 0.05) is 25.2 Å². The van der Waals surface area contributed by atoms with Crippen LogP contribution < -0.4 is 20.1 Å². The van der Waals surface area contributed by atoms with Gasteiger partial charge in [0.1, 0.15) is 0 Å². The smallest absolute Gasteiger partial charge is 0.269 e. The first-order valence-corrected chi connectivity index (χ1v) is 8.79. The van der Waals surface area contributed by atoms with Gasteiger partial charge in [-0.1, -0.05) is 18.2 Å². The van der Waals surface area contributed by atoms with Crippen molar-refractivity contribution in [2.45, 2.75) is 19.9 Å². The number of hydrogen-bond donors (Lipinski definition) is 2. The summed E-state index contributed by atoms with van der Waals surface area (Å²) in [5.74, 6) is 2.27. The quantitative estimate of drug-likeness (QED) is 0.336. The third-order valence-corrected chi connectivity index (χ3v) is 4.05. The highest BCUT2D eigenvalue weighted by Gasteiger charge is 2.13. The van der Waals surface area contributed by atoms with Gasteiger partial charge in [-0.2, -0.15) is 0 Å². The minimum atomic E-state index is -0.408. The van der Waals surface area contributed by atoms with Gasteiger partial charge in [-0.3, -0.25) is 10.1 Å². The number of ether oxygens (including phenoxy) is 2. The molecule has 3 rings (SSSR count). The molecule has 142 valence electrons. The van der Waals surface area contributed by atoms with E-state index < -0.39 is 4.92 Å². The number of aliphatic imine (C=N–C) groups is 1. The van der Waals surface area contributed by atoms with Crippen LogP contribution in [-0.4, -0.2) is 30.8 Å². The molecule has 0 atom stereocenters. The molecule has 2 N–H and O–H groups in total. The van der Waals surface area contributed by atoms with E-state index in [1.165, 1.54) is 12.1 Å². The summed E-state index contributed by atoms with van der Waals surface area (Å²) in [4.78, 5) is 14.8. The molecule has 0 unspecified atom stereocenters. The van der Waals surface area contributed by atoms with E-state index >= 15 is 0 Å². The van der Waals surface area contributed by atoms with Crippen LogP contribution >= 0.6 is 0 Å². The van der Waals surface area contributed by atoms with Gasteiger partial charge in [-0.15, -0.1) is 0 Å². The summed E-state index contributed by atoms with van der Waals surface area (Å²) in [5, 5.41) is 17.2. The highest BCUT2D eigenvalue weighted by molar-refractivity contribution is 5.79. The Bertz CT molecular complexity index is 821. The van der Waals surface area contributed by atoms with Crippen molar-refractivity contribution in [3.63, 3.8) is 0 Å². The summed E-state index contributed by atoms with van der Waals surface area (Å²) >= 11 is 0. The van der Waals surface area contributed by atoms with Crippen LogP contribution in [0.2, 0.25) is 0 Å². The van der Waals surface area contributed by atoms with Crippen LogP contribution in [0.4, 0.5) is 5.69 Å². The fraction of sp³-hybridized carbons (Fsp3) is 0.316. The summed E-state index contributed by atoms with van der Waals surface area (Å²) in [7, 11) is 0. The third kappa shape index (κ3) is 5.10. The van der Waals surface area contributed by atoms with Gasteiger partial charge in [-0.25, -0.2) is 4.99 Å². The molecule has 27 heavy (non-hydrogen) atoms. The maximum absolute atomic E-state index is 10.7. The number of nitrogens with zero attached hydrogens (tertiary/aromatic N) is 2. The van der Waals surface area contributed by atoms with Crippen molar-refractivity contribution < 1.29 is 14.4 Å². The maximum atomic E-state index is 10.7. The van der Waals surface area contributed by atoms with E-state index in [2.05, 4.69) is 15.6 Å². The molecule has 1 aliphatic rings. The fourth-order valence-electron chi connectivity index (χ4n) is 2.66.